The second-order valence-electron chi connectivity index (χ2n) is 4.38. The molecule has 1 heterocycles. The maximum atomic E-state index is 5.15. The molecule has 1 saturated carbocycles. The van der Waals surface area contributed by atoms with Crippen LogP contribution in [0.4, 0.5) is 0 Å². The molecule has 1 aliphatic carbocycles. The van der Waals surface area contributed by atoms with E-state index in [1.807, 2.05) is 0 Å². The maximum absolute atomic E-state index is 5.15. The summed E-state index contributed by atoms with van der Waals surface area (Å²) in [6.07, 6.45) is 7.40. The van der Waals surface area contributed by atoms with Crippen LogP contribution in [-0.2, 0) is 6.54 Å². The van der Waals surface area contributed by atoms with E-state index in [4.69, 9.17) is 4.42 Å². The fourth-order valence-corrected chi connectivity index (χ4v) is 2.24. The van der Waals surface area contributed by atoms with Crippen molar-refractivity contribution in [2.24, 2.45) is 11.8 Å². The van der Waals surface area contributed by atoms with Gasteiger partial charge in [-0.25, -0.2) is 4.98 Å². The molecule has 14 heavy (non-hydrogen) atoms. The van der Waals surface area contributed by atoms with Crippen LogP contribution in [0.25, 0.3) is 0 Å². The molecule has 2 unspecified atom stereocenters. The van der Waals surface area contributed by atoms with Crippen molar-refractivity contribution >= 4 is 0 Å². The summed E-state index contributed by atoms with van der Waals surface area (Å²) in [5.41, 5.74) is 0. The van der Waals surface area contributed by atoms with Crippen molar-refractivity contribution < 1.29 is 4.42 Å². The van der Waals surface area contributed by atoms with Gasteiger partial charge in [-0.05, 0) is 31.2 Å². The number of hydrogen-bond acceptors (Lipinski definition) is 3. The zero-order valence-corrected chi connectivity index (χ0v) is 8.70. The molecular formula is C11H18N2O. The Morgan fingerprint density at radius 3 is 3.14 bits per heavy atom. The number of nitrogens with one attached hydrogen (secondary N) is 1. The summed E-state index contributed by atoms with van der Waals surface area (Å²) >= 11 is 0. The highest BCUT2D eigenvalue weighted by molar-refractivity contribution is 4.87. The second-order valence-corrected chi connectivity index (χ2v) is 4.38. The first-order valence-corrected chi connectivity index (χ1v) is 5.42. The van der Waals surface area contributed by atoms with E-state index in [1.54, 1.807) is 6.20 Å². The molecular weight excluding hydrogens is 176 g/mol. The van der Waals surface area contributed by atoms with Gasteiger partial charge in [0.2, 0.25) is 0 Å². The van der Waals surface area contributed by atoms with E-state index in [-0.39, 0.29) is 0 Å². The third-order valence-corrected chi connectivity index (χ3v) is 3.02. The minimum absolute atomic E-state index is 0.810. The molecule has 0 bridgehead atoms. The minimum Gasteiger partial charge on any atom is -0.447 e. The first-order valence-electron chi connectivity index (χ1n) is 5.42. The zero-order valence-electron chi connectivity index (χ0n) is 8.70. The number of oxazole rings is 1. The lowest BCUT2D eigenvalue weighted by Gasteiger charge is -2.09. The van der Waals surface area contributed by atoms with Gasteiger partial charge < -0.3 is 9.73 Å². The van der Waals surface area contributed by atoms with E-state index < -0.39 is 0 Å². The van der Waals surface area contributed by atoms with Crippen LogP contribution in [-0.4, -0.2) is 11.5 Å². The molecule has 1 aromatic heterocycles. The van der Waals surface area contributed by atoms with Crippen LogP contribution in [0.1, 0.15) is 31.9 Å². The average molecular weight is 194 g/mol. The first-order chi connectivity index (χ1) is 6.84. The van der Waals surface area contributed by atoms with Gasteiger partial charge in [-0.1, -0.05) is 13.3 Å². The lowest BCUT2D eigenvalue weighted by molar-refractivity contribution is 0.435. The minimum atomic E-state index is 0.810. The fourth-order valence-electron chi connectivity index (χ4n) is 2.24. The van der Waals surface area contributed by atoms with Crippen molar-refractivity contribution in [2.45, 2.75) is 32.7 Å². The predicted octanol–water partition coefficient (Wildman–Crippen LogP) is 2.20. The number of rotatable bonds is 4. The monoisotopic (exact) mass is 194 g/mol. The van der Waals surface area contributed by atoms with Crippen LogP contribution in [0.3, 0.4) is 0 Å². The van der Waals surface area contributed by atoms with E-state index in [0.717, 1.165) is 30.7 Å². The van der Waals surface area contributed by atoms with E-state index in [0.29, 0.717) is 0 Å². The molecule has 1 N–H and O–H groups in total. The Labute approximate surface area is 84.9 Å². The van der Waals surface area contributed by atoms with Gasteiger partial charge in [0.25, 0.3) is 0 Å². The van der Waals surface area contributed by atoms with Crippen LogP contribution in [0.15, 0.2) is 17.0 Å². The average Bonchev–Trinajstić information content (AvgIpc) is 2.77. The molecule has 0 spiro atoms. The fraction of sp³-hybridized carbons (Fsp3) is 0.727. The molecule has 2 rings (SSSR count). The third-order valence-electron chi connectivity index (χ3n) is 3.02. The molecule has 3 heteroatoms. The van der Waals surface area contributed by atoms with Crippen LogP contribution in [0.2, 0.25) is 0 Å². The van der Waals surface area contributed by atoms with Gasteiger partial charge in [0.1, 0.15) is 5.76 Å². The van der Waals surface area contributed by atoms with E-state index in [9.17, 15) is 0 Å². The molecule has 78 valence electrons. The van der Waals surface area contributed by atoms with Crippen molar-refractivity contribution in [3.63, 3.8) is 0 Å². The summed E-state index contributed by atoms with van der Waals surface area (Å²) in [5, 5.41) is 3.42. The van der Waals surface area contributed by atoms with Gasteiger partial charge in [0, 0.05) is 0 Å². The molecule has 0 aromatic carbocycles. The zero-order chi connectivity index (χ0) is 9.80. The van der Waals surface area contributed by atoms with Crippen molar-refractivity contribution in [3.8, 4) is 0 Å². The largest absolute Gasteiger partial charge is 0.447 e. The Hall–Kier alpha value is -0.830. The maximum Gasteiger partial charge on any atom is 0.180 e. The summed E-state index contributed by atoms with van der Waals surface area (Å²) in [6, 6.07) is 0. The van der Waals surface area contributed by atoms with Crippen LogP contribution >= 0.6 is 0 Å². The highest BCUT2D eigenvalue weighted by Gasteiger charge is 2.20. The number of aromatic nitrogens is 1. The van der Waals surface area contributed by atoms with Crippen LogP contribution in [0.5, 0.6) is 0 Å². The molecule has 1 aromatic rings. The first kappa shape index (κ1) is 9.71. The van der Waals surface area contributed by atoms with Gasteiger partial charge in [-0.3, -0.25) is 0 Å². The van der Waals surface area contributed by atoms with E-state index in [1.165, 1.54) is 25.7 Å². The lowest BCUT2D eigenvalue weighted by atomic mass is 10.1. The number of hydrogen-bond donors (Lipinski definition) is 1. The highest BCUT2D eigenvalue weighted by atomic mass is 16.3. The van der Waals surface area contributed by atoms with E-state index >= 15 is 0 Å². The summed E-state index contributed by atoms with van der Waals surface area (Å²) in [4.78, 5) is 3.88. The van der Waals surface area contributed by atoms with Crippen molar-refractivity contribution in [3.05, 3.63) is 18.4 Å². The van der Waals surface area contributed by atoms with E-state index in [2.05, 4.69) is 17.2 Å². The Morgan fingerprint density at radius 2 is 2.50 bits per heavy atom. The Bertz CT molecular complexity index is 258. The van der Waals surface area contributed by atoms with Gasteiger partial charge in [-0.15, -0.1) is 0 Å². The highest BCUT2D eigenvalue weighted by Crippen LogP contribution is 2.29. The molecule has 0 aliphatic heterocycles. The standard InChI is InChI=1S/C11H18N2O/c1-9-2-3-10(4-9)5-12-6-11-7-13-8-14-11/h7-10,12H,2-6H2,1H3. The Kier molecular flexibility index (Phi) is 3.19. The molecule has 3 nitrogen and oxygen atoms in total. The smallest absolute Gasteiger partial charge is 0.180 e. The molecule has 1 aliphatic rings. The number of nitrogens with zero attached hydrogens (tertiary/aromatic N) is 1. The second kappa shape index (κ2) is 4.60. The molecule has 2 atom stereocenters. The quantitative estimate of drug-likeness (QED) is 0.798. The van der Waals surface area contributed by atoms with Gasteiger partial charge in [0.15, 0.2) is 6.39 Å². The summed E-state index contributed by atoms with van der Waals surface area (Å²) < 4.78 is 5.15. The van der Waals surface area contributed by atoms with Crippen molar-refractivity contribution in [1.29, 1.82) is 0 Å². The Morgan fingerprint density at radius 1 is 1.57 bits per heavy atom. The Balaban J connectivity index is 1.64. The van der Waals surface area contributed by atoms with Gasteiger partial charge in [-0.2, -0.15) is 0 Å². The summed E-state index contributed by atoms with van der Waals surface area (Å²) in [5.74, 6) is 2.72. The van der Waals surface area contributed by atoms with Gasteiger partial charge >= 0.3 is 0 Å². The predicted molar refractivity (Wildman–Crippen MR) is 54.7 cm³/mol. The van der Waals surface area contributed by atoms with Crippen molar-refractivity contribution in [1.82, 2.24) is 10.3 Å². The van der Waals surface area contributed by atoms with Crippen LogP contribution in [0, 0.1) is 11.8 Å². The molecule has 0 radical (unpaired) electrons. The normalized spacial score (nSPS) is 26.9. The topological polar surface area (TPSA) is 38.1 Å². The molecule has 0 saturated heterocycles. The third kappa shape index (κ3) is 2.58. The van der Waals surface area contributed by atoms with Crippen LogP contribution < -0.4 is 5.32 Å². The van der Waals surface area contributed by atoms with Gasteiger partial charge in [0.05, 0.1) is 12.7 Å². The SMILES string of the molecule is CC1CCC(CNCc2cnco2)C1. The lowest BCUT2D eigenvalue weighted by Crippen LogP contribution is -2.20. The molecule has 1 fully saturated rings. The summed E-state index contributed by atoms with van der Waals surface area (Å²) in [6.45, 7) is 4.27. The molecule has 0 amide bonds. The summed E-state index contributed by atoms with van der Waals surface area (Å²) in [7, 11) is 0. The van der Waals surface area contributed by atoms with Crippen molar-refractivity contribution in [2.75, 3.05) is 6.54 Å².